The van der Waals surface area contributed by atoms with E-state index >= 15 is 0 Å². The number of methoxy groups -OCH3 is 1. The minimum absolute atomic E-state index is 0.0514. The maximum absolute atomic E-state index is 13.3. The number of hydrogen-bond donors (Lipinski definition) is 1. The molecule has 0 aliphatic rings. The predicted octanol–water partition coefficient (Wildman–Crippen LogP) is 1.27. The fourth-order valence-corrected chi connectivity index (χ4v) is 1.73. The highest BCUT2D eigenvalue weighted by Crippen LogP contribution is 2.22. The number of benzene rings is 1. The molecule has 0 spiro atoms. The second-order valence-electron chi connectivity index (χ2n) is 4.02. The normalized spacial score (nSPS) is 12.6. The van der Waals surface area contributed by atoms with E-state index in [-0.39, 0.29) is 6.04 Å². The van der Waals surface area contributed by atoms with Crippen LogP contribution in [0.5, 0.6) is 0 Å². The lowest BCUT2D eigenvalue weighted by atomic mass is 10.2. The third-order valence-corrected chi connectivity index (χ3v) is 2.50. The van der Waals surface area contributed by atoms with Gasteiger partial charge in [-0.1, -0.05) is 0 Å². The van der Waals surface area contributed by atoms with Crippen molar-refractivity contribution in [2.75, 3.05) is 19.5 Å². The molecule has 0 aliphatic carbocycles. The number of anilines is 1. The second-order valence-corrected chi connectivity index (χ2v) is 4.02. The standard InChI is InChI=1S/C11H14FN5O/c1-7(6-18-2)17-11(14-15-16-17)8-3-9(12)5-10(13)4-8/h3-5,7H,6,13H2,1-2H3. The SMILES string of the molecule is COCC(C)n1nnnc1-c1cc(N)cc(F)c1. The predicted molar refractivity (Wildman–Crippen MR) is 64.2 cm³/mol. The van der Waals surface area contributed by atoms with Crippen molar-refractivity contribution in [3.63, 3.8) is 0 Å². The molecule has 2 N–H and O–H groups in total. The van der Waals surface area contributed by atoms with Crippen molar-refractivity contribution in [1.29, 1.82) is 0 Å². The van der Waals surface area contributed by atoms with Crippen molar-refractivity contribution in [3.05, 3.63) is 24.0 Å². The summed E-state index contributed by atoms with van der Waals surface area (Å²) in [7, 11) is 1.60. The van der Waals surface area contributed by atoms with Crippen LogP contribution in [0.2, 0.25) is 0 Å². The van der Waals surface area contributed by atoms with E-state index in [0.29, 0.717) is 23.7 Å². The lowest BCUT2D eigenvalue weighted by molar-refractivity contribution is 0.156. The zero-order chi connectivity index (χ0) is 13.1. The number of hydrogen-bond acceptors (Lipinski definition) is 5. The summed E-state index contributed by atoms with van der Waals surface area (Å²) in [6.45, 7) is 2.37. The first-order chi connectivity index (χ1) is 8.61. The van der Waals surface area contributed by atoms with Crippen LogP contribution in [0.25, 0.3) is 11.4 Å². The lowest BCUT2D eigenvalue weighted by Crippen LogP contribution is -2.14. The zero-order valence-electron chi connectivity index (χ0n) is 10.2. The monoisotopic (exact) mass is 251 g/mol. The molecule has 0 saturated heterocycles. The highest BCUT2D eigenvalue weighted by molar-refractivity contribution is 5.61. The van der Waals surface area contributed by atoms with Crippen molar-refractivity contribution >= 4 is 5.69 Å². The summed E-state index contributed by atoms with van der Waals surface area (Å²) < 4.78 is 19.9. The Morgan fingerprint density at radius 2 is 2.22 bits per heavy atom. The van der Waals surface area contributed by atoms with Gasteiger partial charge in [0.15, 0.2) is 5.82 Å². The summed E-state index contributed by atoms with van der Waals surface area (Å²) in [6, 6.07) is 4.17. The lowest BCUT2D eigenvalue weighted by Gasteiger charge is -2.12. The Hall–Kier alpha value is -2.02. The van der Waals surface area contributed by atoms with Crippen LogP contribution in [-0.2, 0) is 4.74 Å². The highest BCUT2D eigenvalue weighted by atomic mass is 19.1. The van der Waals surface area contributed by atoms with Crippen molar-refractivity contribution in [3.8, 4) is 11.4 Å². The van der Waals surface area contributed by atoms with Crippen LogP contribution in [0.15, 0.2) is 18.2 Å². The number of tetrazole rings is 1. The largest absolute Gasteiger partial charge is 0.399 e. The Bertz CT molecular complexity index is 522. The summed E-state index contributed by atoms with van der Waals surface area (Å²) in [5.74, 6) is 0.0460. The number of aromatic nitrogens is 4. The maximum atomic E-state index is 13.3. The van der Waals surface area contributed by atoms with Crippen LogP contribution in [0.1, 0.15) is 13.0 Å². The smallest absolute Gasteiger partial charge is 0.182 e. The van der Waals surface area contributed by atoms with Gasteiger partial charge >= 0.3 is 0 Å². The molecule has 2 rings (SSSR count). The average Bonchev–Trinajstić information content (AvgIpc) is 2.76. The molecular formula is C11H14FN5O. The van der Waals surface area contributed by atoms with Gasteiger partial charge in [0, 0.05) is 18.4 Å². The van der Waals surface area contributed by atoms with Crippen molar-refractivity contribution in [1.82, 2.24) is 20.2 Å². The molecule has 0 aliphatic heterocycles. The van der Waals surface area contributed by atoms with Gasteiger partial charge in [0.1, 0.15) is 5.82 Å². The summed E-state index contributed by atoms with van der Waals surface area (Å²) in [5.41, 5.74) is 6.48. The minimum atomic E-state index is -0.418. The molecule has 0 radical (unpaired) electrons. The summed E-state index contributed by atoms with van der Waals surface area (Å²) in [6.07, 6.45) is 0. The van der Waals surface area contributed by atoms with E-state index < -0.39 is 5.82 Å². The van der Waals surface area contributed by atoms with Gasteiger partial charge in [-0.25, -0.2) is 9.07 Å². The van der Waals surface area contributed by atoms with Gasteiger partial charge in [-0.3, -0.25) is 0 Å². The molecule has 96 valence electrons. The van der Waals surface area contributed by atoms with Crippen molar-refractivity contribution < 1.29 is 9.13 Å². The fourth-order valence-electron chi connectivity index (χ4n) is 1.73. The number of halogens is 1. The molecule has 1 aromatic heterocycles. The molecule has 7 heteroatoms. The second kappa shape index (κ2) is 5.09. The number of nitrogen functional groups attached to an aromatic ring is 1. The van der Waals surface area contributed by atoms with Gasteiger partial charge in [-0.15, -0.1) is 5.10 Å². The van der Waals surface area contributed by atoms with Gasteiger partial charge in [0.25, 0.3) is 0 Å². The highest BCUT2D eigenvalue weighted by Gasteiger charge is 2.15. The molecule has 6 nitrogen and oxygen atoms in total. The van der Waals surface area contributed by atoms with Crippen molar-refractivity contribution in [2.45, 2.75) is 13.0 Å². The topological polar surface area (TPSA) is 78.8 Å². The Morgan fingerprint density at radius 3 is 2.89 bits per heavy atom. The quantitative estimate of drug-likeness (QED) is 0.828. The van der Waals surface area contributed by atoms with Gasteiger partial charge in [-0.2, -0.15) is 0 Å². The summed E-state index contributed by atoms with van der Waals surface area (Å²) in [4.78, 5) is 0. The van der Waals surface area contributed by atoms with E-state index in [1.54, 1.807) is 17.9 Å². The van der Waals surface area contributed by atoms with Gasteiger partial charge in [0.2, 0.25) is 0 Å². The third-order valence-electron chi connectivity index (χ3n) is 2.50. The van der Waals surface area contributed by atoms with Crippen LogP contribution >= 0.6 is 0 Å². The summed E-state index contributed by atoms with van der Waals surface area (Å²) >= 11 is 0. The Labute approximate surface area is 104 Å². The molecule has 0 saturated carbocycles. The molecule has 1 aromatic carbocycles. The molecule has 1 atom stereocenters. The van der Waals surface area contributed by atoms with Crippen LogP contribution < -0.4 is 5.73 Å². The van der Waals surface area contributed by atoms with Crippen LogP contribution in [-0.4, -0.2) is 33.9 Å². The zero-order valence-corrected chi connectivity index (χ0v) is 10.2. The van der Waals surface area contributed by atoms with Crippen LogP contribution in [0, 0.1) is 5.82 Å². The Morgan fingerprint density at radius 1 is 1.44 bits per heavy atom. The first-order valence-corrected chi connectivity index (χ1v) is 5.45. The molecule has 0 amide bonds. The number of nitrogens with two attached hydrogens (primary N) is 1. The third kappa shape index (κ3) is 2.45. The van der Waals surface area contributed by atoms with Gasteiger partial charge in [0.05, 0.1) is 12.6 Å². The van der Waals surface area contributed by atoms with Gasteiger partial charge in [-0.05, 0) is 35.5 Å². The molecule has 1 heterocycles. The number of ether oxygens (including phenoxy) is 1. The van der Waals surface area contributed by atoms with Gasteiger partial charge < -0.3 is 10.5 Å². The molecule has 18 heavy (non-hydrogen) atoms. The van der Waals surface area contributed by atoms with E-state index in [0.717, 1.165) is 0 Å². The molecule has 0 bridgehead atoms. The van der Waals surface area contributed by atoms with E-state index in [4.69, 9.17) is 10.5 Å². The van der Waals surface area contributed by atoms with Crippen LogP contribution in [0.4, 0.5) is 10.1 Å². The molecule has 0 fully saturated rings. The minimum Gasteiger partial charge on any atom is -0.399 e. The molecule has 1 unspecified atom stereocenters. The maximum Gasteiger partial charge on any atom is 0.182 e. The molecular weight excluding hydrogens is 237 g/mol. The van der Waals surface area contributed by atoms with E-state index in [2.05, 4.69) is 15.5 Å². The Kier molecular flexibility index (Phi) is 3.52. The Balaban J connectivity index is 2.42. The first kappa shape index (κ1) is 12.4. The van der Waals surface area contributed by atoms with Crippen molar-refractivity contribution in [2.24, 2.45) is 0 Å². The molecule has 2 aromatic rings. The number of nitrogens with zero attached hydrogens (tertiary/aromatic N) is 4. The van der Waals surface area contributed by atoms with E-state index in [9.17, 15) is 4.39 Å². The average molecular weight is 251 g/mol. The van der Waals surface area contributed by atoms with E-state index in [1.807, 2.05) is 6.92 Å². The van der Waals surface area contributed by atoms with E-state index in [1.165, 1.54) is 12.1 Å². The number of rotatable bonds is 4. The fraction of sp³-hybridized carbons (Fsp3) is 0.364. The summed E-state index contributed by atoms with van der Waals surface area (Å²) in [5, 5.41) is 11.4. The van der Waals surface area contributed by atoms with Crippen LogP contribution in [0.3, 0.4) is 0 Å². The first-order valence-electron chi connectivity index (χ1n) is 5.45.